The maximum atomic E-state index is 3.60. The quantitative estimate of drug-likeness (QED) is 0.651. The Kier molecular flexibility index (Phi) is 7.85. The highest BCUT2D eigenvalue weighted by Crippen LogP contribution is 2.13. The molecule has 2 nitrogen and oxygen atoms in total. The van der Waals surface area contributed by atoms with E-state index in [0.717, 1.165) is 26.2 Å². The van der Waals surface area contributed by atoms with Crippen LogP contribution in [0, 0.1) is 0 Å². The summed E-state index contributed by atoms with van der Waals surface area (Å²) in [7, 11) is 0. The van der Waals surface area contributed by atoms with Crippen molar-refractivity contribution >= 4 is 0 Å². The maximum absolute atomic E-state index is 3.60. The van der Waals surface area contributed by atoms with Crippen LogP contribution in [-0.4, -0.2) is 24.0 Å². The van der Waals surface area contributed by atoms with Crippen molar-refractivity contribution in [1.82, 2.24) is 10.2 Å². The Morgan fingerprint density at radius 3 is 1.87 bits per heavy atom. The van der Waals surface area contributed by atoms with Gasteiger partial charge in [0.2, 0.25) is 0 Å². The largest absolute Gasteiger partial charge is 0.315 e. The highest BCUT2D eigenvalue weighted by molar-refractivity contribution is 5.17. The number of rotatable bonds is 10. The predicted molar refractivity (Wildman–Crippen MR) is 99.4 cm³/mol. The lowest BCUT2D eigenvalue weighted by molar-refractivity contribution is 0.186. The number of hydrogen-bond acceptors (Lipinski definition) is 2. The average molecular weight is 310 g/mol. The van der Waals surface area contributed by atoms with Crippen molar-refractivity contribution in [1.29, 1.82) is 0 Å². The minimum absolute atomic E-state index is 0.507. The highest BCUT2D eigenvalue weighted by Gasteiger charge is 2.14. The summed E-state index contributed by atoms with van der Waals surface area (Å²) in [5.41, 5.74) is 2.76. The number of nitrogens with one attached hydrogen (secondary N) is 1. The van der Waals surface area contributed by atoms with Crippen LogP contribution in [0.1, 0.15) is 37.8 Å². The fraction of sp³-hybridized carbons (Fsp3) is 0.429. The average Bonchev–Trinajstić information content (AvgIpc) is 2.60. The third kappa shape index (κ3) is 6.55. The van der Waals surface area contributed by atoms with Gasteiger partial charge < -0.3 is 5.32 Å². The number of hydrogen-bond donors (Lipinski definition) is 1. The molecule has 0 aliphatic heterocycles. The molecular formula is C21H30N2. The Labute approximate surface area is 141 Å². The smallest absolute Gasteiger partial charge is 0.0240 e. The second-order valence-electron chi connectivity index (χ2n) is 6.28. The van der Waals surface area contributed by atoms with Crippen LogP contribution in [0.2, 0.25) is 0 Å². The zero-order chi connectivity index (χ0) is 16.3. The normalized spacial score (nSPS) is 12.5. The number of nitrogens with zero attached hydrogens (tertiary/aromatic N) is 1. The molecule has 0 aliphatic rings. The molecule has 2 aromatic rings. The van der Waals surface area contributed by atoms with Gasteiger partial charge in [-0.15, -0.1) is 0 Å². The molecule has 124 valence electrons. The Bertz CT molecular complexity index is 483. The lowest BCUT2D eigenvalue weighted by Gasteiger charge is -2.29. The summed E-state index contributed by atoms with van der Waals surface area (Å²) in [6.07, 6.45) is 2.50. The molecule has 2 rings (SSSR count). The summed E-state index contributed by atoms with van der Waals surface area (Å²) in [5.74, 6) is 0. The standard InChI is InChI=1S/C21H30N2/c1-3-4-15-22-16-19(2)23(17-20-11-7-5-8-12-20)18-21-13-9-6-10-14-21/h5-14,19,22H,3-4,15-18H2,1-2H3. The fourth-order valence-electron chi connectivity index (χ4n) is 2.75. The SMILES string of the molecule is CCCCNCC(C)N(Cc1ccccc1)Cc1ccccc1. The van der Waals surface area contributed by atoms with Crippen molar-refractivity contribution in [3.8, 4) is 0 Å². The minimum atomic E-state index is 0.507. The van der Waals surface area contributed by atoms with Crippen LogP contribution < -0.4 is 5.32 Å². The number of unbranched alkanes of at least 4 members (excludes halogenated alkanes) is 1. The van der Waals surface area contributed by atoms with E-state index in [-0.39, 0.29) is 0 Å². The van der Waals surface area contributed by atoms with E-state index in [0.29, 0.717) is 6.04 Å². The van der Waals surface area contributed by atoms with Crippen LogP contribution in [0.15, 0.2) is 60.7 Å². The first kappa shape index (κ1) is 17.7. The van der Waals surface area contributed by atoms with Crippen LogP contribution >= 0.6 is 0 Å². The molecule has 0 radical (unpaired) electrons. The van der Waals surface area contributed by atoms with Gasteiger partial charge in [-0.1, -0.05) is 74.0 Å². The first-order valence-corrected chi connectivity index (χ1v) is 8.82. The van der Waals surface area contributed by atoms with Crippen LogP contribution in [0.25, 0.3) is 0 Å². The van der Waals surface area contributed by atoms with Gasteiger partial charge in [0.05, 0.1) is 0 Å². The van der Waals surface area contributed by atoms with E-state index in [1.54, 1.807) is 0 Å². The topological polar surface area (TPSA) is 15.3 Å². The third-order valence-corrected chi connectivity index (χ3v) is 4.23. The van der Waals surface area contributed by atoms with Gasteiger partial charge in [-0.25, -0.2) is 0 Å². The number of benzene rings is 2. The summed E-state index contributed by atoms with van der Waals surface area (Å²) in [6, 6.07) is 22.0. The molecule has 1 atom stereocenters. The first-order chi connectivity index (χ1) is 11.3. The molecule has 1 N–H and O–H groups in total. The first-order valence-electron chi connectivity index (χ1n) is 8.82. The summed E-state index contributed by atoms with van der Waals surface area (Å²) >= 11 is 0. The summed E-state index contributed by atoms with van der Waals surface area (Å²) < 4.78 is 0. The minimum Gasteiger partial charge on any atom is -0.315 e. The molecule has 0 heterocycles. The lowest BCUT2D eigenvalue weighted by atomic mass is 10.1. The molecule has 2 heteroatoms. The monoisotopic (exact) mass is 310 g/mol. The van der Waals surface area contributed by atoms with E-state index in [1.807, 2.05) is 0 Å². The molecule has 0 spiro atoms. The second kappa shape index (κ2) is 10.2. The van der Waals surface area contributed by atoms with Gasteiger partial charge in [0.25, 0.3) is 0 Å². The Balaban J connectivity index is 1.98. The molecule has 1 unspecified atom stereocenters. The van der Waals surface area contributed by atoms with E-state index < -0.39 is 0 Å². The Morgan fingerprint density at radius 1 is 0.870 bits per heavy atom. The van der Waals surface area contributed by atoms with Gasteiger partial charge in [-0.2, -0.15) is 0 Å². The molecule has 0 saturated heterocycles. The summed E-state index contributed by atoms with van der Waals surface area (Å²) in [4.78, 5) is 2.56. The van der Waals surface area contributed by atoms with Gasteiger partial charge >= 0.3 is 0 Å². The van der Waals surface area contributed by atoms with Gasteiger partial charge in [-0.3, -0.25) is 4.90 Å². The molecule has 23 heavy (non-hydrogen) atoms. The molecule has 2 aromatic carbocycles. The van der Waals surface area contributed by atoms with Gasteiger partial charge in [0.15, 0.2) is 0 Å². The van der Waals surface area contributed by atoms with Crippen LogP contribution in [0.3, 0.4) is 0 Å². The van der Waals surface area contributed by atoms with E-state index in [9.17, 15) is 0 Å². The van der Waals surface area contributed by atoms with Crippen molar-refractivity contribution < 1.29 is 0 Å². The fourth-order valence-corrected chi connectivity index (χ4v) is 2.75. The molecule has 0 aromatic heterocycles. The van der Waals surface area contributed by atoms with Crippen molar-refractivity contribution in [3.05, 3.63) is 71.8 Å². The molecule has 0 saturated carbocycles. The van der Waals surface area contributed by atoms with Gasteiger partial charge in [0.1, 0.15) is 0 Å². The molecular weight excluding hydrogens is 280 g/mol. The van der Waals surface area contributed by atoms with Crippen molar-refractivity contribution in [2.24, 2.45) is 0 Å². The van der Waals surface area contributed by atoms with Crippen LogP contribution in [0.4, 0.5) is 0 Å². The van der Waals surface area contributed by atoms with Crippen molar-refractivity contribution in [3.63, 3.8) is 0 Å². The predicted octanol–water partition coefficient (Wildman–Crippen LogP) is 4.47. The zero-order valence-corrected chi connectivity index (χ0v) is 14.5. The van der Waals surface area contributed by atoms with Crippen molar-refractivity contribution in [2.45, 2.75) is 45.8 Å². The van der Waals surface area contributed by atoms with Crippen LogP contribution in [0.5, 0.6) is 0 Å². The molecule has 0 fully saturated rings. The van der Waals surface area contributed by atoms with E-state index in [2.05, 4.69) is 84.7 Å². The van der Waals surface area contributed by atoms with Gasteiger partial charge in [0, 0.05) is 25.7 Å². The highest BCUT2D eigenvalue weighted by atomic mass is 15.2. The van der Waals surface area contributed by atoms with E-state index in [1.165, 1.54) is 24.0 Å². The van der Waals surface area contributed by atoms with Crippen molar-refractivity contribution in [2.75, 3.05) is 13.1 Å². The molecule has 0 amide bonds. The maximum Gasteiger partial charge on any atom is 0.0240 e. The van der Waals surface area contributed by atoms with Gasteiger partial charge in [-0.05, 0) is 31.0 Å². The molecule has 0 aliphatic carbocycles. The summed E-state index contributed by atoms with van der Waals surface area (Å²) in [5, 5.41) is 3.60. The second-order valence-corrected chi connectivity index (χ2v) is 6.28. The van der Waals surface area contributed by atoms with E-state index >= 15 is 0 Å². The third-order valence-electron chi connectivity index (χ3n) is 4.23. The lowest BCUT2D eigenvalue weighted by Crippen LogP contribution is -2.39. The molecule has 0 bridgehead atoms. The summed E-state index contributed by atoms with van der Waals surface area (Å²) in [6.45, 7) is 8.71. The zero-order valence-electron chi connectivity index (χ0n) is 14.5. The van der Waals surface area contributed by atoms with Crippen LogP contribution in [-0.2, 0) is 13.1 Å². The Hall–Kier alpha value is -1.64. The Morgan fingerprint density at radius 2 is 1.39 bits per heavy atom. The van der Waals surface area contributed by atoms with E-state index in [4.69, 9.17) is 0 Å².